The molecule has 0 bridgehead atoms. The van der Waals surface area contributed by atoms with Gasteiger partial charge in [-0.15, -0.1) is 12.4 Å². The summed E-state index contributed by atoms with van der Waals surface area (Å²) >= 11 is 0. The van der Waals surface area contributed by atoms with E-state index in [4.69, 9.17) is 15.0 Å². The first-order valence-corrected chi connectivity index (χ1v) is 8.07. The molecule has 0 saturated carbocycles. The number of ether oxygens (including phenoxy) is 1. The van der Waals surface area contributed by atoms with Gasteiger partial charge in [-0.3, -0.25) is 0 Å². The lowest BCUT2D eigenvalue weighted by molar-refractivity contribution is 0.0409. The maximum absolute atomic E-state index is 6.02. The molecule has 1 aliphatic rings. The molecule has 0 atom stereocenters. The highest BCUT2D eigenvalue weighted by atomic mass is 35.5. The smallest absolute Gasteiger partial charge is 0.234 e. The highest BCUT2D eigenvalue weighted by molar-refractivity contribution is 5.85. The Kier molecular flexibility index (Phi) is 4.77. The fourth-order valence-electron chi connectivity index (χ4n) is 3.24. The van der Waals surface area contributed by atoms with Gasteiger partial charge in [-0.25, -0.2) is 9.50 Å². The highest BCUT2D eigenvalue weighted by Gasteiger charge is 2.39. The van der Waals surface area contributed by atoms with E-state index >= 15 is 0 Å². The Morgan fingerprint density at radius 2 is 2.00 bits per heavy atom. The van der Waals surface area contributed by atoms with Crippen LogP contribution in [0.15, 0.2) is 16.8 Å². The summed E-state index contributed by atoms with van der Waals surface area (Å²) in [5.41, 5.74) is 9.14. The second-order valence-electron chi connectivity index (χ2n) is 6.35. The molecule has 4 heterocycles. The van der Waals surface area contributed by atoms with Crippen LogP contribution in [0.25, 0.3) is 17.0 Å². The molecule has 134 valence electrons. The molecule has 0 aliphatic carbocycles. The number of fused-ring (bicyclic) bond motifs is 1. The molecule has 0 amide bonds. The van der Waals surface area contributed by atoms with Gasteiger partial charge in [-0.2, -0.15) is 10.1 Å². The minimum Gasteiger partial charge on any atom is -0.381 e. The third kappa shape index (κ3) is 2.90. The van der Waals surface area contributed by atoms with Crippen molar-refractivity contribution in [3.63, 3.8) is 0 Å². The summed E-state index contributed by atoms with van der Waals surface area (Å²) in [6.45, 7) is 5.73. The van der Waals surface area contributed by atoms with Crippen molar-refractivity contribution in [3.05, 3.63) is 29.5 Å². The average molecular weight is 365 g/mol. The Bertz CT molecular complexity index is 884. The van der Waals surface area contributed by atoms with Gasteiger partial charge in [0.05, 0.1) is 17.2 Å². The highest BCUT2D eigenvalue weighted by Crippen LogP contribution is 2.34. The van der Waals surface area contributed by atoms with E-state index in [-0.39, 0.29) is 17.8 Å². The Morgan fingerprint density at radius 1 is 1.24 bits per heavy atom. The first kappa shape index (κ1) is 17.8. The van der Waals surface area contributed by atoms with Crippen LogP contribution >= 0.6 is 12.4 Å². The first-order chi connectivity index (χ1) is 11.6. The van der Waals surface area contributed by atoms with Crippen LogP contribution < -0.4 is 5.73 Å². The lowest BCUT2D eigenvalue weighted by Crippen LogP contribution is -2.40. The lowest BCUT2D eigenvalue weighted by atomic mass is 9.80. The number of halogens is 1. The molecule has 0 spiro atoms. The maximum Gasteiger partial charge on any atom is 0.234 e. The van der Waals surface area contributed by atoms with Gasteiger partial charge in [0, 0.05) is 31.1 Å². The van der Waals surface area contributed by atoms with Crippen LogP contribution in [0, 0.1) is 13.8 Å². The Labute approximate surface area is 151 Å². The van der Waals surface area contributed by atoms with Crippen molar-refractivity contribution in [2.45, 2.75) is 32.1 Å². The molecule has 0 radical (unpaired) electrons. The fourth-order valence-corrected chi connectivity index (χ4v) is 3.24. The molecule has 2 N–H and O–H groups in total. The van der Waals surface area contributed by atoms with E-state index < -0.39 is 0 Å². The molecular formula is C16H21ClN6O2. The van der Waals surface area contributed by atoms with Crippen molar-refractivity contribution in [3.8, 4) is 11.4 Å². The Morgan fingerprint density at radius 3 is 2.72 bits per heavy atom. The molecular weight excluding hydrogens is 344 g/mol. The maximum atomic E-state index is 6.02. The third-order valence-electron chi connectivity index (χ3n) is 4.74. The van der Waals surface area contributed by atoms with Crippen molar-refractivity contribution in [2.24, 2.45) is 5.73 Å². The van der Waals surface area contributed by atoms with Crippen molar-refractivity contribution >= 4 is 18.1 Å². The number of nitrogens with zero attached hydrogens (tertiary/aromatic N) is 5. The van der Waals surface area contributed by atoms with Crippen LogP contribution in [-0.4, -0.2) is 44.5 Å². The van der Waals surface area contributed by atoms with Crippen molar-refractivity contribution in [1.82, 2.24) is 24.7 Å². The zero-order valence-electron chi connectivity index (χ0n) is 14.2. The summed E-state index contributed by atoms with van der Waals surface area (Å²) in [6, 6.07) is 1.98. The van der Waals surface area contributed by atoms with Crippen LogP contribution in [0.2, 0.25) is 0 Å². The van der Waals surface area contributed by atoms with Gasteiger partial charge < -0.3 is 15.0 Å². The summed E-state index contributed by atoms with van der Waals surface area (Å²) in [5.74, 6) is 1.07. The van der Waals surface area contributed by atoms with Gasteiger partial charge in [-0.1, -0.05) is 5.16 Å². The summed E-state index contributed by atoms with van der Waals surface area (Å²) in [6.07, 6.45) is 3.30. The monoisotopic (exact) mass is 364 g/mol. The van der Waals surface area contributed by atoms with Gasteiger partial charge >= 0.3 is 0 Å². The van der Waals surface area contributed by atoms with Crippen LogP contribution in [-0.2, 0) is 10.2 Å². The van der Waals surface area contributed by atoms with Gasteiger partial charge in [-0.05, 0) is 32.8 Å². The summed E-state index contributed by atoms with van der Waals surface area (Å²) < 4.78 is 12.8. The number of aryl methyl sites for hydroxylation is 2. The number of aromatic nitrogens is 5. The van der Waals surface area contributed by atoms with E-state index in [9.17, 15) is 0 Å². The predicted molar refractivity (Wildman–Crippen MR) is 93.8 cm³/mol. The molecule has 1 saturated heterocycles. The zero-order chi connectivity index (χ0) is 16.7. The van der Waals surface area contributed by atoms with E-state index in [1.54, 1.807) is 10.7 Å². The van der Waals surface area contributed by atoms with Gasteiger partial charge in [0.2, 0.25) is 11.7 Å². The Hall–Kier alpha value is -2.03. The molecule has 0 unspecified atom stereocenters. The predicted octanol–water partition coefficient (Wildman–Crippen LogP) is 1.82. The zero-order valence-corrected chi connectivity index (χ0v) is 15.0. The van der Waals surface area contributed by atoms with Crippen LogP contribution in [0.4, 0.5) is 0 Å². The second-order valence-corrected chi connectivity index (χ2v) is 6.35. The van der Waals surface area contributed by atoms with E-state index in [0.29, 0.717) is 31.5 Å². The second kappa shape index (κ2) is 6.70. The van der Waals surface area contributed by atoms with Crippen molar-refractivity contribution in [1.29, 1.82) is 0 Å². The molecule has 1 aliphatic heterocycles. The standard InChI is InChI=1S/C16H20N6O2.ClH/c1-10-7-11(2)22-14(19-10)12(8-18-22)13-20-15(24-21-13)16(9-17)3-5-23-6-4-16;/h7-8H,3-6,9,17H2,1-2H3;1H. The van der Waals surface area contributed by atoms with Crippen LogP contribution in [0.5, 0.6) is 0 Å². The molecule has 25 heavy (non-hydrogen) atoms. The van der Waals surface area contributed by atoms with E-state index in [0.717, 1.165) is 35.4 Å². The van der Waals surface area contributed by atoms with E-state index in [1.165, 1.54) is 0 Å². The minimum absolute atomic E-state index is 0. The first-order valence-electron chi connectivity index (χ1n) is 8.07. The number of rotatable bonds is 3. The number of hydrogen-bond donors (Lipinski definition) is 1. The van der Waals surface area contributed by atoms with Gasteiger partial charge in [0.15, 0.2) is 5.65 Å². The van der Waals surface area contributed by atoms with Gasteiger partial charge in [0.1, 0.15) is 0 Å². The van der Waals surface area contributed by atoms with Crippen molar-refractivity contribution in [2.75, 3.05) is 19.8 Å². The van der Waals surface area contributed by atoms with E-state index in [1.807, 2.05) is 19.9 Å². The van der Waals surface area contributed by atoms with Crippen molar-refractivity contribution < 1.29 is 9.26 Å². The largest absolute Gasteiger partial charge is 0.381 e. The number of hydrogen-bond acceptors (Lipinski definition) is 7. The molecule has 3 aromatic heterocycles. The molecule has 0 aromatic carbocycles. The molecule has 4 rings (SSSR count). The van der Waals surface area contributed by atoms with Gasteiger partial charge in [0.25, 0.3) is 0 Å². The summed E-state index contributed by atoms with van der Waals surface area (Å²) in [7, 11) is 0. The average Bonchev–Trinajstić information content (AvgIpc) is 3.22. The van der Waals surface area contributed by atoms with E-state index in [2.05, 4.69) is 20.2 Å². The number of nitrogens with two attached hydrogens (primary N) is 1. The summed E-state index contributed by atoms with van der Waals surface area (Å²) in [5, 5.41) is 8.54. The third-order valence-corrected chi connectivity index (χ3v) is 4.74. The normalized spacial score (nSPS) is 16.8. The molecule has 9 heteroatoms. The van der Waals surface area contributed by atoms with Crippen LogP contribution in [0.3, 0.4) is 0 Å². The topological polar surface area (TPSA) is 104 Å². The van der Waals surface area contributed by atoms with Crippen LogP contribution in [0.1, 0.15) is 30.1 Å². The fraction of sp³-hybridized carbons (Fsp3) is 0.500. The quantitative estimate of drug-likeness (QED) is 0.755. The Balaban J connectivity index is 0.00000182. The molecule has 1 fully saturated rings. The summed E-state index contributed by atoms with van der Waals surface area (Å²) in [4.78, 5) is 9.19. The molecule has 8 nitrogen and oxygen atoms in total. The lowest BCUT2D eigenvalue weighted by Gasteiger charge is -2.32. The SMILES string of the molecule is Cc1cc(C)n2ncc(-c3noc(C4(CN)CCOCC4)n3)c2n1.Cl. The molecule has 3 aromatic rings. The minimum atomic E-state index is -0.300.